The highest BCUT2D eigenvalue weighted by Crippen LogP contribution is 2.31. The van der Waals surface area contributed by atoms with E-state index < -0.39 is 0 Å². The second kappa shape index (κ2) is 5.63. The summed E-state index contributed by atoms with van der Waals surface area (Å²) < 4.78 is 6.24. The Morgan fingerprint density at radius 1 is 1.25 bits per heavy atom. The minimum atomic E-state index is 0.0276. The van der Waals surface area contributed by atoms with Crippen molar-refractivity contribution in [1.29, 1.82) is 0 Å². The molecular weight excluding hydrogens is 248 g/mol. The van der Waals surface area contributed by atoms with Crippen molar-refractivity contribution in [2.24, 2.45) is 10.9 Å². The van der Waals surface area contributed by atoms with Crippen molar-refractivity contribution in [3.8, 4) is 5.75 Å². The van der Waals surface area contributed by atoms with Gasteiger partial charge in [-0.25, -0.2) is 0 Å². The fraction of sp³-hybridized carbons (Fsp3) is 0.353. The van der Waals surface area contributed by atoms with Crippen LogP contribution in [0.15, 0.2) is 53.2 Å². The highest BCUT2D eigenvalue weighted by Gasteiger charge is 2.29. The van der Waals surface area contributed by atoms with Gasteiger partial charge < -0.3 is 9.64 Å². The lowest BCUT2D eigenvalue weighted by Crippen LogP contribution is -2.31. The van der Waals surface area contributed by atoms with Gasteiger partial charge in [0.05, 0.1) is 5.70 Å². The number of hydrogen-bond donors (Lipinski definition) is 0. The monoisotopic (exact) mass is 268 g/mol. The number of rotatable bonds is 3. The SMILES string of the molecule is CN(C)CCC1C=CC=C2N=Cc3ccccc3OC21. The third-order valence-corrected chi connectivity index (χ3v) is 3.74. The van der Waals surface area contributed by atoms with Crippen LogP contribution in [0.1, 0.15) is 12.0 Å². The summed E-state index contributed by atoms with van der Waals surface area (Å²) in [6.45, 7) is 1.05. The first kappa shape index (κ1) is 13.1. The number of para-hydroxylation sites is 1. The summed E-state index contributed by atoms with van der Waals surface area (Å²) in [6.07, 6.45) is 9.40. The lowest BCUT2D eigenvalue weighted by atomic mass is 9.91. The minimum absolute atomic E-state index is 0.0276. The molecule has 1 aliphatic carbocycles. The summed E-state index contributed by atoms with van der Waals surface area (Å²) in [5.74, 6) is 1.30. The zero-order valence-electron chi connectivity index (χ0n) is 12.0. The molecular formula is C17H20N2O. The molecule has 2 atom stereocenters. The lowest BCUT2D eigenvalue weighted by molar-refractivity contribution is 0.176. The van der Waals surface area contributed by atoms with E-state index in [0.29, 0.717) is 5.92 Å². The highest BCUT2D eigenvalue weighted by atomic mass is 16.5. The Morgan fingerprint density at radius 3 is 2.95 bits per heavy atom. The van der Waals surface area contributed by atoms with Gasteiger partial charge in [-0.1, -0.05) is 24.3 Å². The van der Waals surface area contributed by atoms with E-state index in [1.807, 2.05) is 30.5 Å². The molecule has 1 aliphatic heterocycles. The van der Waals surface area contributed by atoms with E-state index in [9.17, 15) is 0 Å². The van der Waals surface area contributed by atoms with Gasteiger partial charge in [-0.05, 0) is 45.3 Å². The van der Waals surface area contributed by atoms with Gasteiger partial charge >= 0.3 is 0 Å². The van der Waals surface area contributed by atoms with Crippen molar-refractivity contribution in [3.05, 3.63) is 53.8 Å². The van der Waals surface area contributed by atoms with Crippen molar-refractivity contribution in [1.82, 2.24) is 4.90 Å². The normalized spacial score (nSPS) is 23.6. The maximum Gasteiger partial charge on any atom is 0.147 e. The third-order valence-electron chi connectivity index (χ3n) is 3.74. The first-order valence-corrected chi connectivity index (χ1v) is 7.07. The number of ether oxygens (including phenoxy) is 1. The van der Waals surface area contributed by atoms with E-state index in [-0.39, 0.29) is 6.10 Å². The standard InChI is InChI=1S/C17H20N2O/c1-19(2)11-10-13-7-5-8-15-17(13)20-16-9-4-3-6-14(16)12-18-15/h3-9,12-13,17H,10-11H2,1-2H3. The number of hydrogen-bond acceptors (Lipinski definition) is 3. The van der Waals surface area contributed by atoms with E-state index >= 15 is 0 Å². The molecule has 1 heterocycles. The van der Waals surface area contributed by atoms with Crippen molar-refractivity contribution < 1.29 is 4.74 Å². The van der Waals surface area contributed by atoms with Gasteiger partial charge in [0.2, 0.25) is 0 Å². The molecule has 0 amide bonds. The Morgan fingerprint density at radius 2 is 2.10 bits per heavy atom. The molecule has 0 saturated carbocycles. The predicted octanol–water partition coefficient (Wildman–Crippen LogP) is 2.89. The number of aliphatic imine (C=N–C) groups is 1. The van der Waals surface area contributed by atoms with E-state index in [2.05, 4.69) is 42.2 Å². The van der Waals surface area contributed by atoms with E-state index in [4.69, 9.17) is 4.74 Å². The molecule has 0 fully saturated rings. The summed E-state index contributed by atoms with van der Waals surface area (Å²) in [7, 11) is 4.20. The first-order chi connectivity index (χ1) is 9.74. The fourth-order valence-electron chi connectivity index (χ4n) is 2.61. The minimum Gasteiger partial charge on any atom is -0.483 e. The number of allylic oxidation sites excluding steroid dienone is 2. The molecule has 3 rings (SSSR count). The summed E-state index contributed by atoms with van der Waals surface area (Å²) >= 11 is 0. The number of nitrogens with zero attached hydrogens (tertiary/aromatic N) is 2. The second-order valence-corrected chi connectivity index (χ2v) is 5.57. The van der Waals surface area contributed by atoms with Crippen LogP contribution < -0.4 is 4.74 Å². The fourth-order valence-corrected chi connectivity index (χ4v) is 2.61. The lowest BCUT2D eigenvalue weighted by Gasteiger charge is -2.28. The van der Waals surface area contributed by atoms with Crippen LogP contribution in [0.25, 0.3) is 0 Å². The molecule has 0 radical (unpaired) electrons. The highest BCUT2D eigenvalue weighted by molar-refractivity contribution is 5.84. The summed E-state index contributed by atoms with van der Waals surface area (Å²) in [6, 6.07) is 8.08. The molecule has 3 nitrogen and oxygen atoms in total. The van der Waals surface area contributed by atoms with Gasteiger partial charge in [0.1, 0.15) is 11.9 Å². The maximum absolute atomic E-state index is 6.24. The Labute approximate surface area is 120 Å². The topological polar surface area (TPSA) is 24.8 Å². The summed E-state index contributed by atoms with van der Waals surface area (Å²) in [5, 5.41) is 0. The van der Waals surface area contributed by atoms with Crippen molar-refractivity contribution in [3.63, 3.8) is 0 Å². The van der Waals surface area contributed by atoms with Crippen LogP contribution in [-0.2, 0) is 0 Å². The third kappa shape index (κ3) is 2.68. The largest absolute Gasteiger partial charge is 0.483 e. The second-order valence-electron chi connectivity index (χ2n) is 5.57. The summed E-state index contributed by atoms with van der Waals surface area (Å²) in [5.41, 5.74) is 2.07. The smallest absolute Gasteiger partial charge is 0.147 e. The first-order valence-electron chi connectivity index (χ1n) is 7.07. The van der Waals surface area contributed by atoms with Crippen LogP contribution in [0.5, 0.6) is 5.75 Å². The zero-order valence-corrected chi connectivity index (χ0v) is 12.0. The van der Waals surface area contributed by atoms with Crippen molar-refractivity contribution >= 4 is 6.21 Å². The Kier molecular flexibility index (Phi) is 3.70. The van der Waals surface area contributed by atoms with Gasteiger partial charge in [-0.3, -0.25) is 4.99 Å². The maximum atomic E-state index is 6.24. The van der Waals surface area contributed by atoms with E-state index in [1.54, 1.807) is 0 Å². The van der Waals surface area contributed by atoms with E-state index in [1.165, 1.54) is 0 Å². The molecule has 0 N–H and O–H groups in total. The van der Waals surface area contributed by atoms with Gasteiger partial charge in [0.25, 0.3) is 0 Å². The van der Waals surface area contributed by atoms with Crippen LogP contribution in [0.3, 0.4) is 0 Å². The molecule has 0 saturated heterocycles. The quantitative estimate of drug-likeness (QED) is 0.842. The molecule has 1 aromatic carbocycles. The van der Waals surface area contributed by atoms with Gasteiger partial charge in [-0.15, -0.1) is 0 Å². The molecule has 3 heteroatoms. The molecule has 0 aromatic heterocycles. The van der Waals surface area contributed by atoms with Crippen LogP contribution >= 0.6 is 0 Å². The van der Waals surface area contributed by atoms with Crippen LogP contribution in [0, 0.1) is 5.92 Å². The molecule has 0 spiro atoms. The molecule has 0 bridgehead atoms. The van der Waals surface area contributed by atoms with Gasteiger partial charge in [0, 0.05) is 17.7 Å². The Hall–Kier alpha value is -1.87. The Bertz CT molecular complexity index is 572. The molecule has 1 aromatic rings. The Balaban J connectivity index is 1.85. The average molecular weight is 268 g/mol. The zero-order chi connectivity index (χ0) is 13.9. The van der Waals surface area contributed by atoms with Crippen LogP contribution in [0.4, 0.5) is 0 Å². The van der Waals surface area contributed by atoms with Gasteiger partial charge in [0.15, 0.2) is 0 Å². The molecule has 104 valence electrons. The van der Waals surface area contributed by atoms with Crippen LogP contribution in [0.2, 0.25) is 0 Å². The van der Waals surface area contributed by atoms with Crippen molar-refractivity contribution in [2.75, 3.05) is 20.6 Å². The summed E-state index contributed by atoms with van der Waals surface area (Å²) in [4.78, 5) is 6.82. The number of benzene rings is 1. The average Bonchev–Trinajstić information content (AvgIpc) is 2.64. The number of fused-ring (bicyclic) bond motifs is 2. The molecule has 20 heavy (non-hydrogen) atoms. The van der Waals surface area contributed by atoms with Crippen molar-refractivity contribution in [2.45, 2.75) is 12.5 Å². The van der Waals surface area contributed by atoms with E-state index in [0.717, 1.165) is 30.0 Å². The van der Waals surface area contributed by atoms with Gasteiger partial charge in [-0.2, -0.15) is 0 Å². The molecule has 2 unspecified atom stereocenters. The predicted molar refractivity (Wildman–Crippen MR) is 82.3 cm³/mol. The molecule has 2 aliphatic rings. The van der Waals surface area contributed by atoms with Crippen LogP contribution in [-0.4, -0.2) is 37.9 Å².